The first-order chi connectivity index (χ1) is 17.6. The maximum atomic E-state index is 12.7. The van der Waals surface area contributed by atoms with E-state index in [1.165, 1.54) is 19.4 Å². The third-order valence-electron chi connectivity index (χ3n) is 5.53. The highest BCUT2D eigenvalue weighted by molar-refractivity contribution is 5.98. The molecule has 0 saturated heterocycles. The van der Waals surface area contributed by atoms with Gasteiger partial charge in [-0.2, -0.15) is 0 Å². The Bertz CT molecular complexity index is 1060. The van der Waals surface area contributed by atoms with Gasteiger partial charge in [0.15, 0.2) is 0 Å². The number of carbonyl (C=O) groups is 4. The Balaban J connectivity index is 0.00000722. The van der Waals surface area contributed by atoms with Gasteiger partial charge in [-0.1, -0.05) is 50.7 Å². The van der Waals surface area contributed by atoms with Crippen LogP contribution in [-0.2, 0) is 16.0 Å². The molecule has 6 N–H and O–H groups in total. The van der Waals surface area contributed by atoms with E-state index in [-0.39, 0.29) is 39.5 Å². The van der Waals surface area contributed by atoms with E-state index in [9.17, 15) is 29.5 Å². The minimum absolute atomic E-state index is 0. The summed E-state index contributed by atoms with van der Waals surface area (Å²) in [5.74, 6) is -1.45. The SMILES string of the molecule is C.CCc1ccc(-c2ccc(C(=O)N[C@H](C(=O)NCCN(O)C(=O)NCCNC(C)=O)[C@@H](C)O)cc2)cc1. The minimum atomic E-state index is -1.24. The molecule has 0 aliphatic heterocycles. The summed E-state index contributed by atoms with van der Waals surface area (Å²) in [4.78, 5) is 47.8. The zero-order chi connectivity index (χ0) is 27.4. The van der Waals surface area contributed by atoms with Gasteiger partial charge in [0.25, 0.3) is 5.91 Å². The van der Waals surface area contributed by atoms with Crippen molar-refractivity contribution in [3.05, 3.63) is 59.7 Å². The van der Waals surface area contributed by atoms with E-state index in [1.54, 1.807) is 12.1 Å². The van der Waals surface area contributed by atoms with E-state index in [2.05, 4.69) is 40.3 Å². The molecule has 38 heavy (non-hydrogen) atoms. The van der Waals surface area contributed by atoms with Crippen molar-refractivity contribution in [1.82, 2.24) is 26.3 Å². The number of nitrogens with zero attached hydrogens (tertiary/aromatic N) is 1. The molecule has 0 aliphatic rings. The van der Waals surface area contributed by atoms with Crippen LogP contribution in [0.3, 0.4) is 0 Å². The molecule has 0 aliphatic carbocycles. The smallest absolute Gasteiger partial charge is 0.341 e. The summed E-state index contributed by atoms with van der Waals surface area (Å²) in [5.41, 5.74) is 3.52. The number of rotatable bonds is 12. The molecule has 11 heteroatoms. The third-order valence-corrected chi connectivity index (χ3v) is 5.53. The maximum absolute atomic E-state index is 12.7. The van der Waals surface area contributed by atoms with E-state index >= 15 is 0 Å². The average molecular weight is 530 g/mol. The van der Waals surface area contributed by atoms with Crippen LogP contribution in [0.25, 0.3) is 11.1 Å². The molecule has 2 aromatic rings. The fraction of sp³-hybridized carbons (Fsp3) is 0.407. The number of hydroxylamine groups is 2. The Morgan fingerprint density at radius 2 is 1.42 bits per heavy atom. The van der Waals surface area contributed by atoms with Crippen molar-refractivity contribution in [1.29, 1.82) is 0 Å². The number of urea groups is 1. The Kier molecular flexibility index (Phi) is 13.5. The molecule has 5 amide bonds. The lowest BCUT2D eigenvalue weighted by molar-refractivity contribution is -0.125. The van der Waals surface area contributed by atoms with Crippen molar-refractivity contribution < 1.29 is 29.5 Å². The zero-order valence-corrected chi connectivity index (χ0v) is 21.3. The van der Waals surface area contributed by atoms with Gasteiger partial charge in [-0.3, -0.25) is 19.6 Å². The summed E-state index contributed by atoms with van der Waals surface area (Å²) >= 11 is 0. The quantitative estimate of drug-likeness (QED) is 0.139. The molecule has 0 radical (unpaired) electrons. The Labute approximate surface area is 223 Å². The minimum Gasteiger partial charge on any atom is -0.391 e. The molecule has 208 valence electrons. The van der Waals surface area contributed by atoms with Gasteiger partial charge in [-0.15, -0.1) is 0 Å². The van der Waals surface area contributed by atoms with Crippen LogP contribution in [0.4, 0.5) is 4.79 Å². The van der Waals surface area contributed by atoms with Gasteiger partial charge in [-0.25, -0.2) is 9.86 Å². The average Bonchev–Trinajstić information content (AvgIpc) is 2.89. The monoisotopic (exact) mass is 529 g/mol. The van der Waals surface area contributed by atoms with E-state index in [0.717, 1.165) is 17.5 Å². The van der Waals surface area contributed by atoms with Gasteiger partial charge in [-0.05, 0) is 42.2 Å². The van der Waals surface area contributed by atoms with Crippen LogP contribution >= 0.6 is 0 Å². The second kappa shape index (κ2) is 16.0. The number of hydrogen-bond acceptors (Lipinski definition) is 6. The lowest BCUT2D eigenvalue weighted by Crippen LogP contribution is -2.53. The molecule has 11 nitrogen and oxygen atoms in total. The maximum Gasteiger partial charge on any atom is 0.341 e. The van der Waals surface area contributed by atoms with E-state index in [4.69, 9.17) is 0 Å². The van der Waals surface area contributed by atoms with Crippen molar-refractivity contribution in [2.45, 2.75) is 46.8 Å². The van der Waals surface area contributed by atoms with Gasteiger partial charge in [0.1, 0.15) is 6.04 Å². The molecule has 0 spiro atoms. The van der Waals surface area contributed by atoms with Gasteiger partial charge in [0.05, 0.1) is 12.6 Å². The summed E-state index contributed by atoms with van der Waals surface area (Å²) in [6, 6.07) is 13.0. The van der Waals surface area contributed by atoms with Crippen LogP contribution < -0.4 is 21.3 Å². The number of amides is 5. The second-order valence-corrected chi connectivity index (χ2v) is 8.45. The molecule has 0 unspecified atom stereocenters. The van der Waals surface area contributed by atoms with Gasteiger partial charge in [0.2, 0.25) is 11.8 Å². The molecule has 0 saturated carbocycles. The highest BCUT2D eigenvalue weighted by Gasteiger charge is 2.26. The number of carbonyl (C=O) groups excluding carboxylic acids is 4. The standard InChI is InChI=1S/C26H35N5O6.CH4/c1-4-19-5-7-20(8-6-19)21-9-11-22(12-10-21)24(34)30-23(17(2)32)25(35)28-15-16-31(37)26(36)29-14-13-27-18(3)33;/h5-12,17,23,32,37H,4,13-16H2,1-3H3,(H,27,33)(H,28,35)(H,29,36)(H,30,34);1H4/t17-,23+;/m1./s1. The van der Waals surface area contributed by atoms with E-state index < -0.39 is 30.0 Å². The number of aliphatic hydroxyl groups is 1. The van der Waals surface area contributed by atoms with Crippen molar-refractivity contribution in [2.75, 3.05) is 26.2 Å². The lowest BCUT2D eigenvalue weighted by Gasteiger charge is -2.22. The number of benzene rings is 2. The van der Waals surface area contributed by atoms with Crippen molar-refractivity contribution in [2.24, 2.45) is 0 Å². The van der Waals surface area contributed by atoms with Gasteiger partial charge < -0.3 is 26.4 Å². The number of nitrogens with one attached hydrogen (secondary N) is 4. The Hall–Kier alpha value is -3.96. The molecule has 0 bridgehead atoms. The van der Waals surface area contributed by atoms with E-state index in [0.29, 0.717) is 10.6 Å². The first-order valence-corrected chi connectivity index (χ1v) is 12.1. The van der Waals surface area contributed by atoms with Crippen LogP contribution in [0.5, 0.6) is 0 Å². The number of aryl methyl sites for hydroxylation is 1. The number of hydrogen-bond donors (Lipinski definition) is 6. The lowest BCUT2D eigenvalue weighted by atomic mass is 10.0. The number of aliphatic hydroxyl groups excluding tert-OH is 1. The highest BCUT2D eigenvalue weighted by atomic mass is 16.5. The molecule has 2 rings (SSSR count). The van der Waals surface area contributed by atoms with Crippen LogP contribution in [-0.4, -0.2) is 77.5 Å². The topological polar surface area (TPSA) is 160 Å². The summed E-state index contributed by atoms with van der Waals surface area (Å²) in [6.45, 7) is 4.75. The second-order valence-electron chi connectivity index (χ2n) is 8.45. The molecule has 2 atom stereocenters. The summed E-state index contributed by atoms with van der Waals surface area (Å²) in [6.07, 6.45) is -0.242. The summed E-state index contributed by atoms with van der Waals surface area (Å²) < 4.78 is 0. The van der Waals surface area contributed by atoms with Crippen LogP contribution in [0.15, 0.2) is 48.5 Å². The van der Waals surface area contributed by atoms with Crippen LogP contribution in [0, 0.1) is 0 Å². The summed E-state index contributed by atoms with van der Waals surface area (Å²) in [5, 5.41) is 30.1. The predicted octanol–water partition coefficient (Wildman–Crippen LogP) is 1.68. The highest BCUT2D eigenvalue weighted by Crippen LogP contribution is 2.20. The summed E-state index contributed by atoms with van der Waals surface area (Å²) in [7, 11) is 0. The zero-order valence-electron chi connectivity index (χ0n) is 21.3. The molecule has 0 heterocycles. The molecule has 0 aromatic heterocycles. The first kappa shape index (κ1) is 32.1. The fourth-order valence-corrected chi connectivity index (χ4v) is 3.37. The van der Waals surface area contributed by atoms with Gasteiger partial charge >= 0.3 is 6.03 Å². The Morgan fingerprint density at radius 3 is 1.95 bits per heavy atom. The van der Waals surface area contributed by atoms with Crippen molar-refractivity contribution in [3.63, 3.8) is 0 Å². The van der Waals surface area contributed by atoms with E-state index in [1.807, 2.05) is 24.3 Å². The van der Waals surface area contributed by atoms with Crippen molar-refractivity contribution in [3.8, 4) is 11.1 Å². The fourth-order valence-electron chi connectivity index (χ4n) is 3.37. The molecular formula is C27H39N5O6. The van der Waals surface area contributed by atoms with Gasteiger partial charge in [0, 0.05) is 32.1 Å². The molecular weight excluding hydrogens is 490 g/mol. The van der Waals surface area contributed by atoms with Crippen molar-refractivity contribution >= 4 is 23.8 Å². The molecule has 2 aromatic carbocycles. The normalized spacial score (nSPS) is 11.8. The third kappa shape index (κ3) is 10.2. The van der Waals surface area contributed by atoms with Crippen LogP contribution in [0.1, 0.15) is 44.1 Å². The molecule has 0 fully saturated rings. The van der Waals surface area contributed by atoms with Crippen LogP contribution in [0.2, 0.25) is 0 Å². The predicted molar refractivity (Wildman–Crippen MR) is 145 cm³/mol. The Morgan fingerprint density at radius 1 is 0.868 bits per heavy atom. The first-order valence-electron chi connectivity index (χ1n) is 12.1. The largest absolute Gasteiger partial charge is 0.391 e.